The van der Waals surface area contributed by atoms with Crippen LogP contribution in [0, 0.1) is 0 Å². The van der Waals surface area contributed by atoms with Crippen LogP contribution >= 0.6 is 0 Å². The predicted octanol–water partition coefficient (Wildman–Crippen LogP) is 13.6. The maximum atomic E-state index is 12.7. The number of carbonyl (C=O) groups is 3. The minimum absolute atomic E-state index is 0.0432. The molecule has 0 aromatic rings. The van der Waals surface area contributed by atoms with Gasteiger partial charge in [0.05, 0.1) is 6.04 Å². The summed E-state index contributed by atoms with van der Waals surface area (Å²) in [5, 5.41) is 8.52. The van der Waals surface area contributed by atoms with Crippen molar-refractivity contribution in [2.24, 2.45) is 0 Å². The molecule has 54 heavy (non-hydrogen) atoms. The lowest BCUT2D eigenvalue weighted by Gasteiger charge is -2.19. The Balaban J connectivity index is 4.08. The molecule has 0 aliphatic rings. The van der Waals surface area contributed by atoms with E-state index in [1.165, 1.54) is 167 Å². The van der Waals surface area contributed by atoms with Gasteiger partial charge in [-0.3, -0.25) is 4.79 Å². The summed E-state index contributed by atoms with van der Waals surface area (Å²) in [6.45, 7) is 7.70. The van der Waals surface area contributed by atoms with Crippen molar-refractivity contribution in [3.63, 3.8) is 0 Å². The van der Waals surface area contributed by atoms with Crippen LogP contribution in [0.25, 0.3) is 0 Å². The Kier molecular flexibility index (Phi) is 42.1. The van der Waals surface area contributed by atoms with Gasteiger partial charge in [0.15, 0.2) is 0 Å². The van der Waals surface area contributed by atoms with Crippen LogP contribution < -0.4 is 16.0 Å². The van der Waals surface area contributed by atoms with Gasteiger partial charge in [-0.15, -0.1) is 0 Å². The first-order valence-electron chi connectivity index (χ1n) is 23.6. The Morgan fingerprint density at radius 2 is 0.630 bits per heavy atom. The SMILES string of the molecule is CCCCCCCCCCCCCCCCCCNC(=O)OCC(COC(=O)NCCCCC)NC(=O)CCCCCCCCCCCCCCCCC. The number of alkyl carbamates (subject to hydrolysis) is 2. The molecule has 0 aliphatic heterocycles. The van der Waals surface area contributed by atoms with Gasteiger partial charge in [0.25, 0.3) is 0 Å². The van der Waals surface area contributed by atoms with Crippen LogP contribution in [0.2, 0.25) is 0 Å². The molecule has 0 heterocycles. The quantitative estimate of drug-likeness (QED) is 0.0537. The highest BCUT2D eigenvalue weighted by molar-refractivity contribution is 5.76. The van der Waals surface area contributed by atoms with Crippen LogP contribution in [0.4, 0.5) is 9.59 Å². The molecule has 8 heteroatoms. The molecule has 8 nitrogen and oxygen atoms in total. The van der Waals surface area contributed by atoms with Gasteiger partial charge in [-0.1, -0.05) is 220 Å². The molecule has 3 N–H and O–H groups in total. The van der Waals surface area contributed by atoms with E-state index in [0.717, 1.165) is 51.4 Å². The number of ether oxygens (including phenoxy) is 2. The van der Waals surface area contributed by atoms with E-state index in [4.69, 9.17) is 9.47 Å². The molecule has 1 atom stereocenters. The maximum Gasteiger partial charge on any atom is 0.407 e. The monoisotopic (exact) mass is 766 g/mol. The molecular weight excluding hydrogens is 675 g/mol. The number of amides is 3. The van der Waals surface area contributed by atoms with Gasteiger partial charge in [0.2, 0.25) is 5.91 Å². The Hall–Kier alpha value is -1.99. The van der Waals surface area contributed by atoms with Crippen molar-refractivity contribution in [1.82, 2.24) is 16.0 Å². The number of rotatable bonds is 42. The van der Waals surface area contributed by atoms with Gasteiger partial charge in [-0.2, -0.15) is 0 Å². The zero-order chi connectivity index (χ0) is 39.4. The third kappa shape index (κ3) is 41.2. The Labute approximate surface area is 335 Å². The molecule has 3 amide bonds. The lowest BCUT2D eigenvalue weighted by molar-refractivity contribution is -0.122. The molecule has 0 aromatic heterocycles. The average Bonchev–Trinajstić information content (AvgIpc) is 3.17. The van der Waals surface area contributed by atoms with Crippen LogP contribution in [0.5, 0.6) is 0 Å². The molecule has 1 unspecified atom stereocenters. The molecule has 320 valence electrons. The zero-order valence-corrected chi connectivity index (χ0v) is 36.2. The smallest absolute Gasteiger partial charge is 0.407 e. The van der Waals surface area contributed by atoms with E-state index in [1.54, 1.807) is 0 Å². The van der Waals surface area contributed by atoms with Crippen LogP contribution in [0.1, 0.15) is 245 Å². The fourth-order valence-electron chi connectivity index (χ4n) is 6.97. The highest BCUT2D eigenvalue weighted by atomic mass is 16.6. The first-order chi connectivity index (χ1) is 26.5. The summed E-state index contributed by atoms with van der Waals surface area (Å²) < 4.78 is 10.8. The van der Waals surface area contributed by atoms with Crippen molar-refractivity contribution in [3.8, 4) is 0 Å². The standard InChI is InChI=1S/C46H91N3O5/c1-4-7-10-12-14-16-18-20-22-24-26-28-30-32-34-37-40-48-46(52)54-42-43(41-53-45(51)47-39-36-9-6-3)49-44(50)38-35-33-31-29-27-25-23-21-19-17-15-13-11-8-5-2/h43H,4-42H2,1-3H3,(H,47,51)(H,48,52)(H,49,50). The molecule has 0 rings (SSSR count). The molecule has 0 saturated carbocycles. The summed E-state index contributed by atoms with van der Waals surface area (Å²) in [4.78, 5) is 37.3. The summed E-state index contributed by atoms with van der Waals surface area (Å²) in [6, 6.07) is -0.587. The number of unbranched alkanes of at least 4 members (excludes halogenated alkanes) is 31. The van der Waals surface area contributed by atoms with Gasteiger partial charge < -0.3 is 25.4 Å². The molecule has 0 bridgehead atoms. The topological polar surface area (TPSA) is 106 Å². The fraction of sp³-hybridized carbons (Fsp3) is 0.935. The molecule has 0 aromatic carbocycles. The van der Waals surface area contributed by atoms with Crippen molar-refractivity contribution in [1.29, 1.82) is 0 Å². The van der Waals surface area contributed by atoms with Gasteiger partial charge in [-0.25, -0.2) is 9.59 Å². The van der Waals surface area contributed by atoms with Crippen LogP contribution in [0.3, 0.4) is 0 Å². The maximum absolute atomic E-state index is 12.7. The van der Waals surface area contributed by atoms with Crippen molar-refractivity contribution in [3.05, 3.63) is 0 Å². The second-order valence-electron chi connectivity index (χ2n) is 16.0. The largest absolute Gasteiger partial charge is 0.447 e. The Morgan fingerprint density at radius 3 is 0.963 bits per heavy atom. The van der Waals surface area contributed by atoms with Crippen LogP contribution in [-0.4, -0.2) is 50.4 Å². The van der Waals surface area contributed by atoms with Gasteiger partial charge >= 0.3 is 12.2 Å². The third-order valence-corrected chi connectivity index (χ3v) is 10.6. The molecule has 0 spiro atoms. The Bertz CT molecular complexity index is 811. The van der Waals surface area contributed by atoms with E-state index in [9.17, 15) is 14.4 Å². The van der Waals surface area contributed by atoms with E-state index in [0.29, 0.717) is 19.5 Å². The fourth-order valence-corrected chi connectivity index (χ4v) is 6.97. The average molecular weight is 766 g/mol. The number of hydrogen-bond donors (Lipinski definition) is 3. The van der Waals surface area contributed by atoms with Crippen molar-refractivity contribution in [2.75, 3.05) is 26.3 Å². The summed E-state index contributed by atoms with van der Waals surface area (Å²) in [5.74, 6) is -0.0983. The second-order valence-corrected chi connectivity index (χ2v) is 16.0. The zero-order valence-electron chi connectivity index (χ0n) is 36.2. The molecule has 0 saturated heterocycles. The first-order valence-corrected chi connectivity index (χ1v) is 23.6. The van der Waals surface area contributed by atoms with Crippen LogP contribution in [-0.2, 0) is 14.3 Å². The van der Waals surface area contributed by atoms with Crippen LogP contribution in [0.15, 0.2) is 0 Å². The van der Waals surface area contributed by atoms with E-state index in [1.807, 2.05) is 0 Å². The van der Waals surface area contributed by atoms with E-state index < -0.39 is 18.2 Å². The molecule has 0 fully saturated rings. The minimum atomic E-state index is -0.587. The van der Waals surface area contributed by atoms with Crippen molar-refractivity contribution < 1.29 is 23.9 Å². The third-order valence-electron chi connectivity index (χ3n) is 10.6. The van der Waals surface area contributed by atoms with E-state index >= 15 is 0 Å². The second kappa shape index (κ2) is 43.7. The molecule has 0 aliphatic carbocycles. The number of carbonyl (C=O) groups excluding carboxylic acids is 3. The first kappa shape index (κ1) is 52.0. The molecule has 0 radical (unpaired) electrons. The number of nitrogens with one attached hydrogen (secondary N) is 3. The normalized spacial score (nSPS) is 11.7. The summed E-state index contributed by atoms with van der Waals surface area (Å²) in [5.41, 5.74) is 0. The van der Waals surface area contributed by atoms with Gasteiger partial charge in [-0.05, 0) is 19.3 Å². The highest BCUT2D eigenvalue weighted by Crippen LogP contribution is 2.15. The van der Waals surface area contributed by atoms with E-state index in [-0.39, 0.29) is 19.1 Å². The van der Waals surface area contributed by atoms with Gasteiger partial charge in [0.1, 0.15) is 13.2 Å². The Morgan fingerprint density at radius 1 is 0.370 bits per heavy atom. The van der Waals surface area contributed by atoms with Crippen molar-refractivity contribution in [2.45, 2.75) is 252 Å². The predicted molar refractivity (Wildman–Crippen MR) is 229 cm³/mol. The van der Waals surface area contributed by atoms with Gasteiger partial charge in [0, 0.05) is 19.5 Å². The minimum Gasteiger partial charge on any atom is -0.447 e. The number of hydrogen-bond acceptors (Lipinski definition) is 5. The highest BCUT2D eigenvalue weighted by Gasteiger charge is 2.17. The molecular formula is C46H91N3O5. The lowest BCUT2D eigenvalue weighted by Crippen LogP contribution is -2.44. The summed E-state index contributed by atoms with van der Waals surface area (Å²) >= 11 is 0. The van der Waals surface area contributed by atoms with Crippen molar-refractivity contribution >= 4 is 18.1 Å². The summed E-state index contributed by atoms with van der Waals surface area (Å²) in [6.07, 6.45) is 42.7. The summed E-state index contributed by atoms with van der Waals surface area (Å²) in [7, 11) is 0. The van der Waals surface area contributed by atoms with E-state index in [2.05, 4.69) is 36.7 Å². The lowest BCUT2D eigenvalue weighted by atomic mass is 10.0.